The lowest BCUT2D eigenvalue weighted by Crippen LogP contribution is -2.69. The molecule has 1 saturated carbocycles. The SMILES string of the molecule is C[C@@H](c1ccccc1)N1C(=O)N[C@@](NC(=O)CCC2CCCCC2)(C(F)(F)F)C1=O. The summed E-state index contributed by atoms with van der Waals surface area (Å²) in [5.41, 5.74) is -2.95. The molecule has 2 atom stereocenters. The number of halogens is 3. The van der Waals surface area contributed by atoms with Crippen LogP contribution >= 0.6 is 0 Å². The third kappa shape index (κ3) is 4.29. The predicted octanol–water partition coefficient (Wildman–Crippen LogP) is 4.03. The van der Waals surface area contributed by atoms with Crippen LogP contribution in [0, 0.1) is 5.92 Å². The normalized spacial score (nSPS) is 23.9. The Bertz CT molecular complexity index is 794. The molecule has 0 unspecified atom stereocenters. The van der Waals surface area contributed by atoms with E-state index >= 15 is 0 Å². The number of nitrogens with zero attached hydrogens (tertiary/aromatic N) is 1. The molecule has 1 saturated heterocycles. The van der Waals surface area contributed by atoms with Gasteiger partial charge in [-0.05, 0) is 24.8 Å². The number of nitrogens with one attached hydrogen (secondary N) is 2. The van der Waals surface area contributed by atoms with Gasteiger partial charge in [0.05, 0.1) is 6.04 Å². The molecule has 6 nitrogen and oxygen atoms in total. The maximum Gasteiger partial charge on any atom is 0.440 e. The second-order valence-electron chi connectivity index (χ2n) is 8.03. The van der Waals surface area contributed by atoms with Gasteiger partial charge in [0.1, 0.15) is 0 Å². The molecule has 0 bridgehead atoms. The zero-order valence-corrected chi connectivity index (χ0v) is 16.8. The van der Waals surface area contributed by atoms with Crippen molar-refractivity contribution in [2.75, 3.05) is 0 Å². The number of amides is 4. The first-order valence-electron chi connectivity index (χ1n) is 10.2. The molecule has 3 rings (SSSR count). The van der Waals surface area contributed by atoms with Crippen molar-refractivity contribution in [1.29, 1.82) is 0 Å². The number of urea groups is 1. The lowest BCUT2D eigenvalue weighted by molar-refractivity contribution is -0.204. The number of hydrogen-bond donors (Lipinski definition) is 2. The van der Waals surface area contributed by atoms with Crippen LogP contribution in [0.4, 0.5) is 18.0 Å². The second-order valence-corrected chi connectivity index (χ2v) is 8.03. The van der Waals surface area contributed by atoms with Crippen LogP contribution in [0.25, 0.3) is 0 Å². The highest BCUT2D eigenvalue weighted by Crippen LogP contribution is 2.37. The Morgan fingerprint density at radius 2 is 1.83 bits per heavy atom. The Hall–Kier alpha value is -2.58. The van der Waals surface area contributed by atoms with Gasteiger partial charge >= 0.3 is 12.2 Å². The average Bonchev–Trinajstić information content (AvgIpc) is 2.97. The van der Waals surface area contributed by atoms with E-state index in [1.54, 1.807) is 41.0 Å². The fourth-order valence-corrected chi connectivity index (χ4v) is 4.21. The highest BCUT2D eigenvalue weighted by atomic mass is 19.4. The Labute approximate surface area is 173 Å². The molecule has 2 aliphatic rings. The Kier molecular flexibility index (Phi) is 6.38. The van der Waals surface area contributed by atoms with E-state index < -0.39 is 35.7 Å². The quantitative estimate of drug-likeness (QED) is 0.676. The Morgan fingerprint density at radius 3 is 2.43 bits per heavy atom. The zero-order valence-electron chi connectivity index (χ0n) is 16.8. The summed E-state index contributed by atoms with van der Waals surface area (Å²) < 4.78 is 41.9. The number of benzene rings is 1. The van der Waals surface area contributed by atoms with Crippen LogP contribution in [0.15, 0.2) is 30.3 Å². The molecule has 1 aliphatic heterocycles. The number of rotatable bonds is 6. The minimum atomic E-state index is -5.19. The minimum Gasteiger partial charge on any atom is -0.318 e. The predicted molar refractivity (Wildman–Crippen MR) is 103 cm³/mol. The van der Waals surface area contributed by atoms with Gasteiger partial charge in [-0.1, -0.05) is 62.4 Å². The van der Waals surface area contributed by atoms with E-state index in [-0.39, 0.29) is 6.42 Å². The average molecular weight is 425 g/mol. The number of imide groups is 1. The van der Waals surface area contributed by atoms with Crippen molar-refractivity contribution < 1.29 is 27.6 Å². The van der Waals surface area contributed by atoms with Gasteiger partial charge in [-0.2, -0.15) is 13.2 Å². The maximum absolute atomic E-state index is 14.0. The second kappa shape index (κ2) is 8.65. The lowest BCUT2D eigenvalue weighted by Gasteiger charge is -2.31. The smallest absolute Gasteiger partial charge is 0.318 e. The van der Waals surface area contributed by atoms with E-state index in [1.807, 2.05) is 0 Å². The summed E-state index contributed by atoms with van der Waals surface area (Å²) in [5.74, 6) is -2.13. The van der Waals surface area contributed by atoms with Crippen molar-refractivity contribution in [1.82, 2.24) is 15.5 Å². The van der Waals surface area contributed by atoms with E-state index in [0.717, 1.165) is 32.1 Å². The van der Waals surface area contributed by atoms with Crippen LogP contribution in [0.1, 0.15) is 63.5 Å². The summed E-state index contributed by atoms with van der Waals surface area (Å²) in [7, 11) is 0. The Balaban J connectivity index is 1.77. The third-order valence-corrected chi connectivity index (χ3v) is 5.98. The van der Waals surface area contributed by atoms with Crippen LogP contribution in [-0.2, 0) is 9.59 Å². The van der Waals surface area contributed by atoms with Crippen molar-refractivity contribution in [2.24, 2.45) is 5.92 Å². The van der Waals surface area contributed by atoms with Crippen molar-refractivity contribution in [3.8, 4) is 0 Å². The molecule has 0 spiro atoms. The first kappa shape index (κ1) is 22.1. The largest absolute Gasteiger partial charge is 0.440 e. The minimum absolute atomic E-state index is 0.125. The van der Waals surface area contributed by atoms with Gasteiger partial charge in [0.15, 0.2) is 0 Å². The van der Waals surface area contributed by atoms with Crippen molar-refractivity contribution in [2.45, 2.75) is 69.8 Å². The van der Waals surface area contributed by atoms with Crippen LogP contribution in [0.2, 0.25) is 0 Å². The fourth-order valence-electron chi connectivity index (χ4n) is 4.21. The summed E-state index contributed by atoms with van der Waals surface area (Å²) in [6.45, 7) is 1.46. The molecule has 1 aromatic rings. The maximum atomic E-state index is 14.0. The zero-order chi connectivity index (χ0) is 21.9. The first-order valence-corrected chi connectivity index (χ1v) is 10.2. The van der Waals surface area contributed by atoms with E-state index in [0.29, 0.717) is 22.8 Å². The molecule has 4 amide bonds. The third-order valence-electron chi connectivity index (χ3n) is 5.98. The van der Waals surface area contributed by atoms with Gasteiger partial charge < -0.3 is 5.32 Å². The molecular weight excluding hydrogens is 399 g/mol. The molecule has 1 aliphatic carbocycles. The van der Waals surface area contributed by atoms with Crippen LogP contribution in [-0.4, -0.2) is 34.6 Å². The van der Waals surface area contributed by atoms with E-state index in [4.69, 9.17) is 0 Å². The summed E-state index contributed by atoms with van der Waals surface area (Å²) >= 11 is 0. The number of alkyl halides is 3. The molecule has 1 heterocycles. The fraction of sp³-hybridized carbons (Fsp3) is 0.571. The standard InChI is InChI=1S/C21H26F3N3O3/c1-14(16-10-6-3-7-11-16)27-18(29)20(21(22,23)24,26-19(27)30)25-17(28)13-12-15-8-4-2-5-9-15/h3,6-7,10-11,14-15H,2,4-5,8-9,12-13H2,1H3,(H,25,28)(H,26,30)/t14-,20+/m0/s1. The number of carbonyl (C=O) groups is 3. The topological polar surface area (TPSA) is 78.5 Å². The molecule has 1 aromatic carbocycles. The van der Waals surface area contributed by atoms with Gasteiger partial charge in [-0.15, -0.1) is 0 Å². The van der Waals surface area contributed by atoms with Crippen molar-refractivity contribution in [3.05, 3.63) is 35.9 Å². The van der Waals surface area contributed by atoms with Gasteiger partial charge in [0.2, 0.25) is 5.91 Å². The van der Waals surface area contributed by atoms with Crippen molar-refractivity contribution >= 4 is 17.8 Å². The van der Waals surface area contributed by atoms with Gasteiger partial charge in [-0.3, -0.25) is 19.8 Å². The molecule has 0 radical (unpaired) electrons. The van der Waals surface area contributed by atoms with Gasteiger partial charge in [0.25, 0.3) is 11.6 Å². The van der Waals surface area contributed by atoms with E-state index in [2.05, 4.69) is 0 Å². The molecule has 9 heteroatoms. The van der Waals surface area contributed by atoms with Crippen LogP contribution in [0.5, 0.6) is 0 Å². The number of hydrogen-bond acceptors (Lipinski definition) is 3. The monoisotopic (exact) mass is 425 g/mol. The molecule has 2 N–H and O–H groups in total. The molecular formula is C21H26F3N3O3. The molecule has 164 valence electrons. The molecule has 2 fully saturated rings. The lowest BCUT2D eigenvalue weighted by atomic mass is 9.86. The Morgan fingerprint density at radius 1 is 1.20 bits per heavy atom. The van der Waals surface area contributed by atoms with Gasteiger partial charge in [-0.25, -0.2) is 4.79 Å². The van der Waals surface area contributed by atoms with Crippen LogP contribution in [0.3, 0.4) is 0 Å². The summed E-state index contributed by atoms with van der Waals surface area (Å²) in [6.07, 6.45) is 0.304. The van der Waals surface area contributed by atoms with E-state index in [1.165, 1.54) is 6.92 Å². The van der Waals surface area contributed by atoms with Crippen molar-refractivity contribution in [3.63, 3.8) is 0 Å². The summed E-state index contributed by atoms with van der Waals surface area (Å²) in [6, 6.07) is 6.14. The molecule has 30 heavy (non-hydrogen) atoms. The summed E-state index contributed by atoms with van der Waals surface area (Å²) in [5, 5.41) is 3.51. The molecule has 0 aromatic heterocycles. The summed E-state index contributed by atoms with van der Waals surface area (Å²) in [4.78, 5) is 38.1. The van der Waals surface area contributed by atoms with Gasteiger partial charge in [0, 0.05) is 6.42 Å². The first-order chi connectivity index (χ1) is 14.2. The highest BCUT2D eigenvalue weighted by molar-refractivity contribution is 6.09. The van der Waals surface area contributed by atoms with E-state index in [9.17, 15) is 27.6 Å². The van der Waals surface area contributed by atoms with Crippen LogP contribution < -0.4 is 10.6 Å². The number of carbonyl (C=O) groups excluding carboxylic acids is 3. The highest BCUT2D eigenvalue weighted by Gasteiger charge is 2.69.